The second-order valence-corrected chi connectivity index (χ2v) is 6.83. The van der Waals surface area contributed by atoms with Crippen molar-refractivity contribution in [3.63, 3.8) is 0 Å². The number of carbonyl (C=O) groups is 1. The average molecular weight is 400 g/mol. The first-order valence-corrected chi connectivity index (χ1v) is 9.40. The van der Waals surface area contributed by atoms with Gasteiger partial charge in [0.2, 0.25) is 17.7 Å². The van der Waals surface area contributed by atoms with Gasteiger partial charge < -0.3 is 9.73 Å². The summed E-state index contributed by atoms with van der Waals surface area (Å²) in [6, 6.07) is 5.94. The Hall–Kier alpha value is -3.11. The van der Waals surface area contributed by atoms with Crippen molar-refractivity contribution in [1.82, 2.24) is 25.3 Å². The summed E-state index contributed by atoms with van der Waals surface area (Å²) in [5, 5.41) is 21.8. The Morgan fingerprint density at radius 3 is 2.62 bits per heavy atom. The SMILES string of the molecule is C=CCNC(=O)CN1CCN(C(C)c2nnc(-c3ccc([N+](=O)[O-])cc3)o2)CC1. The Kier molecular flexibility index (Phi) is 6.68. The number of non-ortho nitro benzene ring substituents is 1. The molecular formula is C19H24N6O4. The fourth-order valence-corrected chi connectivity index (χ4v) is 3.16. The summed E-state index contributed by atoms with van der Waals surface area (Å²) >= 11 is 0. The molecule has 2 heterocycles. The Balaban J connectivity index is 1.55. The zero-order valence-corrected chi connectivity index (χ0v) is 16.3. The van der Waals surface area contributed by atoms with E-state index in [-0.39, 0.29) is 17.6 Å². The lowest BCUT2D eigenvalue weighted by Gasteiger charge is -2.36. The van der Waals surface area contributed by atoms with E-state index in [0.717, 1.165) is 26.2 Å². The molecule has 0 saturated carbocycles. The highest BCUT2D eigenvalue weighted by atomic mass is 16.6. The molecule has 1 atom stereocenters. The van der Waals surface area contributed by atoms with Crippen LogP contribution in [-0.4, -0.2) is 70.1 Å². The van der Waals surface area contributed by atoms with E-state index in [0.29, 0.717) is 30.4 Å². The molecule has 10 heteroatoms. The van der Waals surface area contributed by atoms with Crippen molar-refractivity contribution in [3.05, 3.63) is 52.9 Å². The van der Waals surface area contributed by atoms with Crippen LogP contribution in [0.1, 0.15) is 18.9 Å². The maximum absolute atomic E-state index is 11.8. The van der Waals surface area contributed by atoms with Crippen LogP contribution in [0.3, 0.4) is 0 Å². The number of nitrogens with one attached hydrogen (secondary N) is 1. The molecule has 1 aromatic carbocycles. The number of nitrogens with zero attached hydrogens (tertiary/aromatic N) is 5. The van der Waals surface area contributed by atoms with Gasteiger partial charge in [-0.3, -0.25) is 24.7 Å². The minimum atomic E-state index is -0.451. The van der Waals surface area contributed by atoms with Crippen LogP contribution in [0, 0.1) is 10.1 Å². The maximum Gasteiger partial charge on any atom is 0.269 e. The summed E-state index contributed by atoms with van der Waals surface area (Å²) in [4.78, 5) is 26.5. The second kappa shape index (κ2) is 9.39. The van der Waals surface area contributed by atoms with E-state index in [1.807, 2.05) is 6.92 Å². The minimum absolute atomic E-state index is 0.00367. The largest absolute Gasteiger partial charge is 0.419 e. The predicted molar refractivity (Wildman–Crippen MR) is 106 cm³/mol. The van der Waals surface area contributed by atoms with Crippen LogP contribution in [0.15, 0.2) is 41.3 Å². The lowest BCUT2D eigenvalue weighted by molar-refractivity contribution is -0.384. The number of piperazine rings is 1. The van der Waals surface area contributed by atoms with Crippen LogP contribution in [0.2, 0.25) is 0 Å². The number of nitro groups is 1. The first kappa shape index (κ1) is 20.6. The zero-order chi connectivity index (χ0) is 20.8. The van der Waals surface area contributed by atoms with Gasteiger partial charge >= 0.3 is 0 Å². The molecule has 0 aliphatic carbocycles. The van der Waals surface area contributed by atoms with Gasteiger partial charge in [-0.05, 0) is 19.1 Å². The first-order valence-electron chi connectivity index (χ1n) is 9.40. The van der Waals surface area contributed by atoms with Crippen molar-refractivity contribution in [1.29, 1.82) is 0 Å². The van der Waals surface area contributed by atoms with E-state index in [9.17, 15) is 14.9 Å². The van der Waals surface area contributed by atoms with Crippen molar-refractivity contribution < 1.29 is 14.1 Å². The van der Waals surface area contributed by atoms with E-state index < -0.39 is 4.92 Å². The van der Waals surface area contributed by atoms with Crippen molar-refractivity contribution in [2.24, 2.45) is 0 Å². The third kappa shape index (κ3) is 5.24. The minimum Gasteiger partial charge on any atom is -0.419 e. The van der Waals surface area contributed by atoms with Crippen molar-refractivity contribution in [2.75, 3.05) is 39.3 Å². The molecule has 1 N–H and O–H groups in total. The molecule has 1 saturated heterocycles. The highest BCUT2D eigenvalue weighted by Gasteiger charge is 2.26. The van der Waals surface area contributed by atoms with Crippen LogP contribution in [0.5, 0.6) is 0 Å². The molecule has 1 unspecified atom stereocenters. The Morgan fingerprint density at radius 2 is 2.00 bits per heavy atom. The van der Waals surface area contributed by atoms with Gasteiger partial charge in [-0.25, -0.2) is 0 Å². The number of aromatic nitrogens is 2. The standard InChI is InChI=1S/C19H24N6O4/c1-3-8-20-17(26)13-23-9-11-24(12-10-23)14(2)18-21-22-19(29-18)15-4-6-16(7-5-15)25(27)28/h3-7,14H,1,8-13H2,2H3,(H,20,26). The number of benzene rings is 1. The maximum atomic E-state index is 11.8. The van der Waals surface area contributed by atoms with Crippen molar-refractivity contribution in [3.8, 4) is 11.5 Å². The van der Waals surface area contributed by atoms with Gasteiger partial charge in [0.1, 0.15) is 0 Å². The van der Waals surface area contributed by atoms with Crippen LogP contribution in [0.25, 0.3) is 11.5 Å². The number of hydrogen-bond acceptors (Lipinski definition) is 8. The quantitative estimate of drug-likeness (QED) is 0.404. The number of nitro benzene ring substituents is 1. The third-order valence-corrected chi connectivity index (χ3v) is 4.89. The zero-order valence-electron chi connectivity index (χ0n) is 16.3. The normalized spacial score (nSPS) is 16.3. The third-order valence-electron chi connectivity index (χ3n) is 4.89. The van der Waals surface area contributed by atoms with Crippen LogP contribution in [0.4, 0.5) is 5.69 Å². The lowest BCUT2D eigenvalue weighted by atomic mass is 10.2. The number of carbonyl (C=O) groups excluding carboxylic acids is 1. The van der Waals surface area contributed by atoms with Crippen LogP contribution < -0.4 is 5.32 Å². The molecule has 1 amide bonds. The average Bonchev–Trinajstić information content (AvgIpc) is 3.22. The van der Waals surface area contributed by atoms with Gasteiger partial charge in [-0.15, -0.1) is 16.8 Å². The molecule has 3 rings (SSSR count). The predicted octanol–water partition coefficient (Wildman–Crippen LogP) is 1.63. The van der Waals surface area contributed by atoms with Gasteiger partial charge in [0.15, 0.2) is 0 Å². The summed E-state index contributed by atoms with van der Waals surface area (Å²) in [5.41, 5.74) is 0.648. The molecule has 10 nitrogen and oxygen atoms in total. The monoisotopic (exact) mass is 400 g/mol. The van der Waals surface area contributed by atoms with E-state index >= 15 is 0 Å². The number of amides is 1. The van der Waals surface area contributed by atoms with Gasteiger partial charge in [-0.2, -0.15) is 0 Å². The van der Waals surface area contributed by atoms with Gasteiger partial charge in [-0.1, -0.05) is 6.08 Å². The van der Waals surface area contributed by atoms with E-state index in [4.69, 9.17) is 4.42 Å². The number of rotatable bonds is 8. The van der Waals surface area contributed by atoms with Gasteiger partial charge in [0, 0.05) is 50.4 Å². The lowest BCUT2D eigenvalue weighted by Crippen LogP contribution is -2.50. The van der Waals surface area contributed by atoms with Gasteiger partial charge in [0.25, 0.3) is 5.69 Å². The molecule has 1 fully saturated rings. The highest BCUT2D eigenvalue weighted by molar-refractivity contribution is 5.78. The van der Waals surface area contributed by atoms with Gasteiger partial charge in [0.05, 0.1) is 17.5 Å². The number of hydrogen-bond donors (Lipinski definition) is 1. The van der Waals surface area contributed by atoms with E-state index in [2.05, 4.69) is 31.9 Å². The molecule has 0 bridgehead atoms. The summed E-state index contributed by atoms with van der Waals surface area (Å²) in [6.45, 7) is 9.55. The second-order valence-electron chi connectivity index (χ2n) is 6.83. The molecular weight excluding hydrogens is 376 g/mol. The summed E-state index contributed by atoms with van der Waals surface area (Å²) in [5.74, 6) is 0.825. The fraction of sp³-hybridized carbons (Fsp3) is 0.421. The fourth-order valence-electron chi connectivity index (χ4n) is 3.16. The first-order chi connectivity index (χ1) is 14.0. The molecule has 2 aromatic rings. The molecule has 0 spiro atoms. The van der Waals surface area contributed by atoms with E-state index in [1.54, 1.807) is 18.2 Å². The smallest absolute Gasteiger partial charge is 0.269 e. The topological polar surface area (TPSA) is 118 Å². The summed E-state index contributed by atoms with van der Waals surface area (Å²) in [6.07, 6.45) is 1.66. The Labute approximate surface area is 168 Å². The summed E-state index contributed by atoms with van der Waals surface area (Å²) < 4.78 is 5.80. The Morgan fingerprint density at radius 1 is 1.31 bits per heavy atom. The highest BCUT2D eigenvalue weighted by Crippen LogP contribution is 2.26. The van der Waals surface area contributed by atoms with Crippen molar-refractivity contribution in [2.45, 2.75) is 13.0 Å². The molecule has 0 radical (unpaired) electrons. The summed E-state index contributed by atoms with van der Waals surface area (Å²) in [7, 11) is 0. The van der Waals surface area contributed by atoms with Crippen molar-refractivity contribution >= 4 is 11.6 Å². The van der Waals surface area contributed by atoms with Crippen LogP contribution in [-0.2, 0) is 4.79 Å². The Bertz CT molecular complexity index is 858. The molecule has 1 aliphatic heterocycles. The van der Waals surface area contributed by atoms with Crippen LogP contribution >= 0.6 is 0 Å². The molecule has 29 heavy (non-hydrogen) atoms. The van der Waals surface area contributed by atoms with E-state index in [1.165, 1.54) is 12.1 Å². The molecule has 1 aliphatic rings. The molecule has 1 aromatic heterocycles. The molecule has 154 valence electrons.